The van der Waals surface area contributed by atoms with Crippen molar-refractivity contribution in [2.75, 3.05) is 11.9 Å². The number of aromatic nitrogens is 3. The highest BCUT2D eigenvalue weighted by atomic mass is 16.1. The molecular weight excluding hydrogens is 266 g/mol. The Balaban J connectivity index is 2.12. The molecule has 0 saturated carbocycles. The quantitative estimate of drug-likeness (QED) is 0.756. The Morgan fingerprint density at radius 1 is 1.14 bits per heavy atom. The SMILES string of the molecule is NC(=O)CNc1nc(-c2cccnc2)nc2ccccc12. The lowest BCUT2D eigenvalue weighted by atomic mass is 10.2. The zero-order valence-electron chi connectivity index (χ0n) is 11.2. The second-order valence-corrected chi connectivity index (χ2v) is 4.47. The van der Waals surface area contributed by atoms with Gasteiger partial charge < -0.3 is 11.1 Å². The molecule has 6 heteroatoms. The number of anilines is 1. The van der Waals surface area contributed by atoms with Crippen LogP contribution in [-0.4, -0.2) is 27.4 Å². The van der Waals surface area contributed by atoms with Crippen LogP contribution < -0.4 is 11.1 Å². The van der Waals surface area contributed by atoms with Gasteiger partial charge in [0.15, 0.2) is 5.82 Å². The first-order valence-corrected chi connectivity index (χ1v) is 6.43. The van der Waals surface area contributed by atoms with Crippen LogP contribution in [0.25, 0.3) is 22.3 Å². The summed E-state index contributed by atoms with van der Waals surface area (Å²) in [6.45, 7) is 0.0213. The molecule has 21 heavy (non-hydrogen) atoms. The number of amides is 1. The predicted octanol–water partition coefficient (Wildman–Crippen LogP) is 1.59. The molecule has 0 atom stereocenters. The van der Waals surface area contributed by atoms with Crippen molar-refractivity contribution in [1.29, 1.82) is 0 Å². The van der Waals surface area contributed by atoms with Crippen molar-refractivity contribution in [2.24, 2.45) is 5.73 Å². The van der Waals surface area contributed by atoms with Crippen molar-refractivity contribution in [2.45, 2.75) is 0 Å². The van der Waals surface area contributed by atoms with E-state index < -0.39 is 5.91 Å². The Morgan fingerprint density at radius 3 is 2.76 bits per heavy atom. The lowest BCUT2D eigenvalue weighted by Gasteiger charge is -2.09. The number of rotatable bonds is 4. The molecule has 6 nitrogen and oxygen atoms in total. The van der Waals surface area contributed by atoms with Crippen molar-refractivity contribution in [3.63, 3.8) is 0 Å². The molecule has 0 spiro atoms. The summed E-state index contributed by atoms with van der Waals surface area (Å²) in [6.07, 6.45) is 3.39. The standard InChI is InChI=1S/C15H13N5O/c16-13(21)9-18-15-11-5-1-2-6-12(11)19-14(20-15)10-4-3-7-17-8-10/h1-8H,9H2,(H2,16,21)(H,18,19,20). The molecule has 1 amide bonds. The molecule has 3 aromatic rings. The number of primary amides is 1. The van der Waals surface area contributed by atoms with Gasteiger partial charge in [0.25, 0.3) is 0 Å². The number of fused-ring (bicyclic) bond motifs is 1. The van der Waals surface area contributed by atoms with Crippen LogP contribution in [0, 0.1) is 0 Å². The zero-order valence-corrected chi connectivity index (χ0v) is 11.2. The third-order valence-electron chi connectivity index (χ3n) is 2.95. The molecule has 104 valence electrons. The Bertz CT molecular complexity index is 788. The van der Waals surface area contributed by atoms with E-state index in [0.29, 0.717) is 11.6 Å². The van der Waals surface area contributed by atoms with Crippen molar-refractivity contribution in [3.8, 4) is 11.4 Å². The van der Waals surface area contributed by atoms with E-state index in [1.54, 1.807) is 12.4 Å². The number of pyridine rings is 1. The molecule has 0 unspecified atom stereocenters. The van der Waals surface area contributed by atoms with E-state index in [0.717, 1.165) is 16.5 Å². The fraction of sp³-hybridized carbons (Fsp3) is 0.0667. The number of hydrogen-bond acceptors (Lipinski definition) is 5. The smallest absolute Gasteiger partial charge is 0.236 e. The molecule has 0 saturated heterocycles. The van der Waals surface area contributed by atoms with Gasteiger partial charge in [0.2, 0.25) is 5.91 Å². The Labute approximate surface area is 121 Å². The van der Waals surface area contributed by atoms with Crippen LogP contribution in [0.3, 0.4) is 0 Å². The largest absolute Gasteiger partial charge is 0.368 e. The third-order valence-corrected chi connectivity index (χ3v) is 2.95. The number of nitrogens with zero attached hydrogens (tertiary/aromatic N) is 3. The van der Waals surface area contributed by atoms with Crippen LogP contribution in [0.15, 0.2) is 48.8 Å². The highest BCUT2D eigenvalue weighted by Crippen LogP contribution is 2.24. The summed E-state index contributed by atoms with van der Waals surface area (Å²) in [7, 11) is 0. The average Bonchev–Trinajstić information content (AvgIpc) is 2.53. The zero-order chi connectivity index (χ0) is 14.7. The Kier molecular flexibility index (Phi) is 3.42. The fourth-order valence-corrected chi connectivity index (χ4v) is 2.01. The molecular formula is C15H13N5O. The van der Waals surface area contributed by atoms with Gasteiger partial charge in [-0.1, -0.05) is 12.1 Å². The lowest BCUT2D eigenvalue weighted by Crippen LogP contribution is -2.22. The third kappa shape index (κ3) is 2.79. The number of nitrogens with two attached hydrogens (primary N) is 1. The summed E-state index contributed by atoms with van der Waals surface area (Å²) in [6, 6.07) is 11.3. The van der Waals surface area contributed by atoms with Gasteiger partial charge in [0, 0.05) is 23.3 Å². The maximum atomic E-state index is 11.0. The van der Waals surface area contributed by atoms with Crippen molar-refractivity contribution < 1.29 is 4.79 Å². The van der Waals surface area contributed by atoms with Gasteiger partial charge in [0.05, 0.1) is 12.1 Å². The molecule has 2 heterocycles. The number of benzene rings is 1. The van der Waals surface area contributed by atoms with Gasteiger partial charge in [-0.2, -0.15) is 0 Å². The van der Waals surface area contributed by atoms with Crippen molar-refractivity contribution in [3.05, 3.63) is 48.8 Å². The first-order valence-electron chi connectivity index (χ1n) is 6.43. The maximum absolute atomic E-state index is 11.0. The van der Waals surface area contributed by atoms with Crippen LogP contribution in [0.2, 0.25) is 0 Å². The molecule has 3 N–H and O–H groups in total. The minimum Gasteiger partial charge on any atom is -0.368 e. The van der Waals surface area contributed by atoms with Crippen LogP contribution in [-0.2, 0) is 4.79 Å². The summed E-state index contributed by atoms with van der Waals surface area (Å²) in [5.74, 6) is 0.688. The molecule has 0 radical (unpaired) electrons. The second kappa shape index (κ2) is 5.54. The van der Waals surface area contributed by atoms with Crippen LogP contribution in [0.4, 0.5) is 5.82 Å². The van der Waals surface area contributed by atoms with E-state index in [2.05, 4.69) is 20.3 Å². The summed E-state index contributed by atoms with van der Waals surface area (Å²) in [5, 5.41) is 3.79. The van der Waals surface area contributed by atoms with Gasteiger partial charge in [-0.3, -0.25) is 9.78 Å². The average molecular weight is 279 g/mol. The Hall–Kier alpha value is -3.02. The minimum atomic E-state index is -0.444. The number of hydrogen-bond donors (Lipinski definition) is 2. The lowest BCUT2D eigenvalue weighted by molar-refractivity contribution is -0.116. The normalized spacial score (nSPS) is 10.5. The molecule has 0 aliphatic heterocycles. The van der Waals surface area contributed by atoms with Crippen LogP contribution in [0.5, 0.6) is 0 Å². The van der Waals surface area contributed by atoms with Gasteiger partial charge in [-0.05, 0) is 24.3 Å². The molecule has 2 aromatic heterocycles. The van der Waals surface area contributed by atoms with Gasteiger partial charge in [-0.25, -0.2) is 9.97 Å². The van der Waals surface area contributed by atoms with Crippen LogP contribution >= 0.6 is 0 Å². The molecule has 3 rings (SSSR count). The molecule has 0 bridgehead atoms. The first-order chi connectivity index (χ1) is 10.2. The van der Waals surface area contributed by atoms with Crippen LogP contribution in [0.1, 0.15) is 0 Å². The molecule has 0 fully saturated rings. The van der Waals surface area contributed by atoms with E-state index in [1.165, 1.54) is 0 Å². The number of nitrogens with one attached hydrogen (secondary N) is 1. The van der Waals surface area contributed by atoms with Gasteiger partial charge >= 0.3 is 0 Å². The van der Waals surface area contributed by atoms with E-state index in [-0.39, 0.29) is 6.54 Å². The van der Waals surface area contributed by atoms with Gasteiger partial charge in [0.1, 0.15) is 5.82 Å². The predicted molar refractivity (Wildman–Crippen MR) is 80.5 cm³/mol. The maximum Gasteiger partial charge on any atom is 0.236 e. The minimum absolute atomic E-state index is 0.0213. The fourth-order valence-electron chi connectivity index (χ4n) is 2.01. The van der Waals surface area contributed by atoms with Crippen molar-refractivity contribution in [1.82, 2.24) is 15.0 Å². The monoisotopic (exact) mass is 279 g/mol. The highest BCUT2D eigenvalue weighted by Gasteiger charge is 2.09. The van der Waals surface area contributed by atoms with Crippen molar-refractivity contribution >= 4 is 22.6 Å². The number of carbonyl (C=O) groups excluding carboxylic acids is 1. The van der Waals surface area contributed by atoms with E-state index in [4.69, 9.17) is 5.73 Å². The molecule has 1 aromatic carbocycles. The summed E-state index contributed by atoms with van der Waals surface area (Å²) >= 11 is 0. The van der Waals surface area contributed by atoms with E-state index >= 15 is 0 Å². The number of carbonyl (C=O) groups is 1. The summed E-state index contributed by atoms with van der Waals surface area (Å²) < 4.78 is 0. The second-order valence-electron chi connectivity index (χ2n) is 4.47. The Morgan fingerprint density at radius 2 is 2.00 bits per heavy atom. The van der Waals surface area contributed by atoms with E-state index in [9.17, 15) is 4.79 Å². The van der Waals surface area contributed by atoms with E-state index in [1.807, 2.05) is 36.4 Å². The number of para-hydroxylation sites is 1. The molecule has 0 aliphatic carbocycles. The summed E-state index contributed by atoms with van der Waals surface area (Å²) in [5.41, 5.74) is 6.78. The highest BCUT2D eigenvalue weighted by molar-refractivity contribution is 5.92. The first kappa shape index (κ1) is 13.0. The molecule has 0 aliphatic rings. The summed E-state index contributed by atoms with van der Waals surface area (Å²) in [4.78, 5) is 24.0. The topological polar surface area (TPSA) is 93.8 Å². The van der Waals surface area contributed by atoms with Gasteiger partial charge in [-0.15, -0.1) is 0 Å².